The molecule has 2 aliphatic rings. The van der Waals surface area contributed by atoms with Gasteiger partial charge in [-0.15, -0.1) is 0 Å². The smallest absolute Gasteiger partial charge is 0.282 e. The van der Waals surface area contributed by atoms with Crippen LogP contribution in [0.5, 0.6) is 0 Å². The van der Waals surface area contributed by atoms with Crippen LogP contribution < -0.4 is 5.32 Å². The first-order valence-electron chi connectivity index (χ1n) is 7.21. The summed E-state index contributed by atoms with van der Waals surface area (Å²) in [5, 5.41) is 3.27. The van der Waals surface area contributed by atoms with E-state index in [4.69, 9.17) is 4.74 Å². The maximum Gasteiger partial charge on any atom is 0.282 e. The SMILES string of the molecule is CCNCC1CCCCN1S(=O)(=O)N1CCOCC1. The molecule has 2 saturated heterocycles. The highest BCUT2D eigenvalue weighted by molar-refractivity contribution is 7.86. The molecular weight excluding hydrogens is 266 g/mol. The minimum Gasteiger partial charge on any atom is -0.379 e. The molecule has 1 unspecified atom stereocenters. The Balaban J connectivity index is 2.06. The molecule has 2 aliphatic heterocycles. The van der Waals surface area contributed by atoms with Crippen LogP contribution in [0.3, 0.4) is 0 Å². The van der Waals surface area contributed by atoms with Crippen molar-refractivity contribution in [2.45, 2.75) is 32.2 Å². The van der Waals surface area contributed by atoms with Gasteiger partial charge in [-0.1, -0.05) is 13.3 Å². The first-order valence-corrected chi connectivity index (χ1v) is 8.61. The molecule has 0 aromatic carbocycles. The van der Waals surface area contributed by atoms with Crippen LogP contribution in [0.4, 0.5) is 0 Å². The summed E-state index contributed by atoms with van der Waals surface area (Å²) in [5.74, 6) is 0. The Bertz CT molecular complexity index is 368. The molecule has 0 bridgehead atoms. The zero-order chi connectivity index (χ0) is 13.7. The molecule has 1 N–H and O–H groups in total. The molecule has 0 amide bonds. The van der Waals surface area contributed by atoms with Gasteiger partial charge in [0.05, 0.1) is 13.2 Å². The van der Waals surface area contributed by atoms with Gasteiger partial charge in [0, 0.05) is 32.2 Å². The number of hydrogen-bond donors (Lipinski definition) is 1. The highest BCUT2D eigenvalue weighted by atomic mass is 32.2. The van der Waals surface area contributed by atoms with Crippen molar-refractivity contribution in [3.05, 3.63) is 0 Å². The lowest BCUT2D eigenvalue weighted by Crippen LogP contribution is -2.55. The van der Waals surface area contributed by atoms with Crippen LogP contribution in [-0.4, -0.2) is 69.0 Å². The standard InChI is InChI=1S/C12H25N3O3S/c1-2-13-11-12-5-3-4-6-15(12)19(16,17)14-7-9-18-10-8-14/h12-13H,2-11H2,1H3. The quantitative estimate of drug-likeness (QED) is 0.776. The van der Waals surface area contributed by atoms with Crippen molar-refractivity contribution in [3.8, 4) is 0 Å². The maximum atomic E-state index is 12.7. The molecule has 0 spiro atoms. The van der Waals surface area contributed by atoms with E-state index < -0.39 is 10.2 Å². The molecule has 0 radical (unpaired) electrons. The van der Waals surface area contributed by atoms with Crippen LogP contribution in [0, 0.1) is 0 Å². The molecule has 2 fully saturated rings. The van der Waals surface area contributed by atoms with Gasteiger partial charge in [0.15, 0.2) is 0 Å². The van der Waals surface area contributed by atoms with Crippen molar-refractivity contribution in [2.24, 2.45) is 0 Å². The normalized spacial score (nSPS) is 27.5. The average molecular weight is 291 g/mol. The highest BCUT2D eigenvalue weighted by Gasteiger charge is 2.36. The molecule has 1 atom stereocenters. The molecular formula is C12H25N3O3S. The van der Waals surface area contributed by atoms with Crippen LogP contribution >= 0.6 is 0 Å². The summed E-state index contributed by atoms with van der Waals surface area (Å²) in [5.41, 5.74) is 0. The summed E-state index contributed by atoms with van der Waals surface area (Å²) in [6, 6.07) is 0.0987. The van der Waals surface area contributed by atoms with E-state index in [2.05, 4.69) is 5.32 Å². The number of ether oxygens (including phenoxy) is 1. The molecule has 19 heavy (non-hydrogen) atoms. The first kappa shape index (κ1) is 15.2. The Hall–Kier alpha value is -0.210. The summed E-state index contributed by atoms with van der Waals surface area (Å²) >= 11 is 0. The van der Waals surface area contributed by atoms with Gasteiger partial charge in [-0.05, 0) is 19.4 Å². The first-order chi connectivity index (χ1) is 9.16. The van der Waals surface area contributed by atoms with Gasteiger partial charge in [0.2, 0.25) is 0 Å². The number of likely N-dealkylation sites (N-methyl/N-ethyl adjacent to an activating group) is 1. The third kappa shape index (κ3) is 3.66. The second-order valence-electron chi connectivity index (χ2n) is 5.09. The number of hydrogen-bond acceptors (Lipinski definition) is 4. The second-order valence-corrected chi connectivity index (χ2v) is 6.97. The largest absolute Gasteiger partial charge is 0.379 e. The Labute approximate surface area is 116 Å². The zero-order valence-corrected chi connectivity index (χ0v) is 12.5. The van der Waals surface area contributed by atoms with E-state index in [1.807, 2.05) is 6.92 Å². The van der Waals surface area contributed by atoms with Gasteiger partial charge in [0.25, 0.3) is 10.2 Å². The highest BCUT2D eigenvalue weighted by Crippen LogP contribution is 2.22. The lowest BCUT2D eigenvalue weighted by molar-refractivity contribution is 0.0682. The molecule has 0 aliphatic carbocycles. The molecule has 2 rings (SSSR count). The fourth-order valence-corrected chi connectivity index (χ4v) is 4.54. The number of nitrogens with zero attached hydrogens (tertiary/aromatic N) is 2. The van der Waals surface area contributed by atoms with Crippen LogP contribution in [-0.2, 0) is 14.9 Å². The molecule has 0 aromatic heterocycles. The Morgan fingerprint density at radius 3 is 2.63 bits per heavy atom. The van der Waals surface area contributed by atoms with Crippen LogP contribution in [0.15, 0.2) is 0 Å². The van der Waals surface area contributed by atoms with E-state index >= 15 is 0 Å². The summed E-state index contributed by atoms with van der Waals surface area (Å²) in [6.07, 6.45) is 3.04. The maximum absolute atomic E-state index is 12.7. The molecule has 0 aromatic rings. The molecule has 2 heterocycles. The third-order valence-corrected chi connectivity index (χ3v) is 5.89. The van der Waals surface area contributed by atoms with Crippen molar-refractivity contribution >= 4 is 10.2 Å². The summed E-state index contributed by atoms with van der Waals surface area (Å²) < 4.78 is 33.9. The number of rotatable bonds is 5. The van der Waals surface area contributed by atoms with Gasteiger partial charge in [-0.25, -0.2) is 0 Å². The Kier molecular flexibility index (Phi) is 5.58. The van der Waals surface area contributed by atoms with Crippen molar-refractivity contribution < 1.29 is 13.2 Å². The average Bonchev–Trinajstić information content (AvgIpc) is 2.46. The van der Waals surface area contributed by atoms with Gasteiger partial charge in [-0.2, -0.15) is 17.0 Å². The second kappa shape index (κ2) is 6.99. The Morgan fingerprint density at radius 2 is 1.95 bits per heavy atom. The molecule has 112 valence electrons. The topological polar surface area (TPSA) is 61.9 Å². The minimum absolute atomic E-state index is 0.0987. The van der Waals surface area contributed by atoms with Gasteiger partial charge in [-0.3, -0.25) is 0 Å². The van der Waals surface area contributed by atoms with Crippen LogP contribution in [0.25, 0.3) is 0 Å². The molecule has 6 nitrogen and oxygen atoms in total. The predicted molar refractivity (Wildman–Crippen MR) is 74.2 cm³/mol. The van der Waals surface area contributed by atoms with Crippen molar-refractivity contribution in [1.29, 1.82) is 0 Å². The van der Waals surface area contributed by atoms with E-state index in [0.29, 0.717) is 32.8 Å². The lowest BCUT2D eigenvalue weighted by atomic mass is 10.1. The zero-order valence-electron chi connectivity index (χ0n) is 11.7. The third-order valence-electron chi connectivity index (χ3n) is 3.80. The molecule has 7 heteroatoms. The van der Waals surface area contributed by atoms with Crippen LogP contribution in [0.2, 0.25) is 0 Å². The van der Waals surface area contributed by atoms with Crippen LogP contribution in [0.1, 0.15) is 26.2 Å². The Morgan fingerprint density at radius 1 is 1.21 bits per heavy atom. The van der Waals surface area contributed by atoms with Gasteiger partial charge in [0.1, 0.15) is 0 Å². The number of morpholine rings is 1. The summed E-state index contributed by atoms with van der Waals surface area (Å²) in [6.45, 7) is 6.29. The van der Waals surface area contributed by atoms with Crippen molar-refractivity contribution in [1.82, 2.24) is 13.9 Å². The van der Waals surface area contributed by atoms with Gasteiger partial charge >= 0.3 is 0 Å². The van der Waals surface area contributed by atoms with E-state index in [9.17, 15) is 8.42 Å². The summed E-state index contributed by atoms with van der Waals surface area (Å²) in [7, 11) is -3.32. The van der Waals surface area contributed by atoms with Crippen molar-refractivity contribution in [3.63, 3.8) is 0 Å². The monoisotopic (exact) mass is 291 g/mol. The molecule has 0 saturated carbocycles. The van der Waals surface area contributed by atoms with E-state index in [1.165, 1.54) is 0 Å². The minimum atomic E-state index is -3.32. The number of piperidine rings is 1. The summed E-state index contributed by atoms with van der Waals surface area (Å²) in [4.78, 5) is 0. The fraction of sp³-hybridized carbons (Fsp3) is 1.00. The van der Waals surface area contributed by atoms with E-state index in [-0.39, 0.29) is 6.04 Å². The fourth-order valence-electron chi connectivity index (χ4n) is 2.72. The predicted octanol–water partition coefficient (Wildman–Crippen LogP) is 0.0274. The van der Waals surface area contributed by atoms with Crippen molar-refractivity contribution in [2.75, 3.05) is 45.9 Å². The van der Waals surface area contributed by atoms with E-state index in [0.717, 1.165) is 32.4 Å². The van der Waals surface area contributed by atoms with E-state index in [1.54, 1.807) is 8.61 Å². The lowest BCUT2D eigenvalue weighted by Gasteiger charge is -2.39. The van der Waals surface area contributed by atoms with Gasteiger partial charge < -0.3 is 10.1 Å². The number of nitrogens with one attached hydrogen (secondary N) is 1.